The molecule has 1 atom stereocenters. The molecule has 37 heavy (non-hydrogen) atoms. The van der Waals surface area contributed by atoms with Crippen molar-refractivity contribution in [2.75, 3.05) is 38.5 Å². The van der Waals surface area contributed by atoms with Crippen molar-refractivity contribution in [3.63, 3.8) is 0 Å². The van der Waals surface area contributed by atoms with Crippen molar-refractivity contribution in [1.29, 1.82) is 0 Å². The number of benzene rings is 1. The molecule has 1 amide bonds. The zero-order chi connectivity index (χ0) is 27.4. The third-order valence-corrected chi connectivity index (χ3v) is 7.03. The Morgan fingerprint density at radius 1 is 1.35 bits per heavy atom. The summed E-state index contributed by atoms with van der Waals surface area (Å²) in [4.78, 5) is 18.9. The highest BCUT2D eigenvalue weighted by atomic mass is 35.5. The molecule has 1 aromatic carbocycles. The number of rotatable bonds is 14. The van der Waals surface area contributed by atoms with Crippen LogP contribution >= 0.6 is 11.6 Å². The van der Waals surface area contributed by atoms with E-state index < -0.39 is 27.6 Å². The van der Waals surface area contributed by atoms with Gasteiger partial charge in [0.15, 0.2) is 0 Å². The predicted octanol–water partition coefficient (Wildman–Crippen LogP) is 4.24. The summed E-state index contributed by atoms with van der Waals surface area (Å²) in [5.74, 6) is 0.579. The van der Waals surface area contributed by atoms with E-state index in [0.717, 1.165) is 50.2 Å². The molecule has 1 heterocycles. The van der Waals surface area contributed by atoms with Crippen molar-refractivity contribution in [1.82, 2.24) is 10.2 Å². The van der Waals surface area contributed by atoms with Gasteiger partial charge in [-0.3, -0.25) is 14.3 Å². The van der Waals surface area contributed by atoms with Crippen LogP contribution in [0.4, 0.5) is 4.39 Å². The normalized spacial score (nSPS) is 15.9. The van der Waals surface area contributed by atoms with E-state index in [1.165, 1.54) is 12.1 Å². The van der Waals surface area contributed by atoms with Crippen molar-refractivity contribution in [3.05, 3.63) is 41.7 Å². The first-order chi connectivity index (χ1) is 17.4. The number of alkyl halides is 1. The number of hydrogen-bond acceptors (Lipinski definition) is 5. The van der Waals surface area contributed by atoms with Crippen LogP contribution in [0.5, 0.6) is 5.75 Å². The maximum atomic E-state index is 14.4. The van der Waals surface area contributed by atoms with E-state index in [2.05, 4.69) is 21.8 Å². The fourth-order valence-electron chi connectivity index (χ4n) is 4.19. The number of hydrogen-bond donors (Lipinski definition) is 2. The van der Waals surface area contributed by atoms with E-state index in [4.69, 9.17) is 20.9 Å². The third kappa shape index (κ3) is 12.3. The molecule has 0 aromatic heterocycles. The predicted molar refractivity (Wildman–Crippen MR) is 146 cm³/mol. The summed E-state index contributed by atoms with van der Waals surface area (Å²) < 4.78 is 50.2. The SMILES string of the molecule is C=C(C)C(=NCC(C)Cl)N1CCC(CCCOc2ccc(CC(=O)NCCCS(=O)(=O)O)c(F)c2)CC1. The lowest BCUT2D eigenvalue weighted by atomic mass is 9.92. The van der Waals surface area contributed by atoms with Gasteiger partial charge in [-0.2, -0.15) is 8.42 Å². The van der Waals surface area contributed by atoms with Crippen LogP contribution in [-0.2, 0) is 21.3 Å². The number of likely N-dealkylation sites (tertiary alicyclic amines) is 1. The Morgan fingerprint density at radius 2 is 2.05 bits per heavy atom. The van der Waals surface area contributed by atoms with Crippen LogP contribution in [0.25, 0.3) is 0 Å². The summed E-state index contributed by atoms with van der Waals surface area (Å²) in [5.41, 5.74) is 1.18. The Balaban J connectivity index is 1.69. The van der Waals surface area contributed by atoms with E-state index in [0.29, 0.717) is 24.8 Å². The van der Waals surface area contributed by atoms with Crippen LogP contribution in [0.2, 0.25) is 0 Å². The molecule has 8 nitrogen and oxygen atoms in total. The second-order valence-corrected chi connectivity index (χ2v) is 11.9. The van der Waals surface area contributed by atoms with Crippen LogP contribution in [-0.4, -0.2) is 73.5 Å². The second-order valence-electron chi connectivity index (χ2n) is 9.57. The van der Waals surface area contributed by atoms with Gasteiger partial charge in [-0.15, -0.1) is 11.6 Å². The van der Waals surface area contributed by atoms with E-state index >= 15 is 0 Å². The number of amidine groups is 1. The summed E-state index contributed by atoms with van der Waals surface area (Å²) in [6.07, 6.45) is 3.96. The highest BCUT2D eigenvalue weighted by Gasteiger charge is 2.22. The number of piperidine rings is 1. The molecule has 1 aliphatic rings. The number of amides is 1. The quantitative estimate of drug-likeness (QED) is 0.116. The summed E-state index contributed by atoms with van der Waals surface area (Å²) in [7, 11) is -4.06. The first kappa shape index (κ1) is 31.1. The Morgan fingerprint density at radius 3 is 2.65 bits per heavy atom. The summed E-state index contributed by atoms with van der Waals surface area (Å²) >= 11 is 6.05. The molecular weight excluding hydrogens is 521 g/mol. The highest BCUT2D eigenvalue weighted by Crippen LogP contribution is 2.24. The van der Waals surface area contributed by atoms with Crippen LogP contribution in [0.15, 0.2) is 35.3 Å². The Labute approximate surface area is 225 Å². The van der Waals surface area contributed by atoms with Gasteiger partial charge in [0, 0.05) is 25.7 Å². The minimum Gasteiger partial charge on any atom is -0.493 e. The molecule has 2 rings (SSSR count). The molecule has 1 saturated heterocycles. The van der Waals surface area contributed by atoms with Gasteiger partial charge in [0.1, 0.15) is 17.4 Å². The van der Waals surface area contributed by atoms with Gasteiger partial charge in [0.05, 0.1) is 30.7 Å². The number of halogens is 2. The smallest absolute Gasteiger partial charge is 0.264 e. The minimum atomic E-state index is -4.06. The van der Waals surface area contributed by atoms with E-state index in [9.17, 15) is 17.6 Å². The fourth-order valence-corrected chi connectivity index (χ4v) is 4.77. The van der Waals surface area contributed by atoms with E-state index in [1.807, 2.05) is 13.8 Å². The first-order valence-electron chi connectivity index (χ1n) is 12.7. The number of carbonyl (C=O) groups is 1. The summed E-state index contributed by atoms with van der Waals surface area (Å²) in [6.45, 7) is 11.0. The molecule has 0 bridgehead atoms. The lowest BCUT2D eigenvalue weighted by Gasteiger charge is -2.34. The molecule has 1 aromatic rings. The topological polar surface area (TPSA) is 108 Å². The number of aliphatic imine (C=N–C) groups is 1. The van der Waals surface area contributed by atoms with Crippen LogP contribution in [0.1, 0.15) is 51.5 Å². The number of carbonyl (C=O) groups excluding carboxylic acids is 1. The van der Waals surface area contributed by atoms with Gasteiger partial charge in [0.25, 0.3) is 10.1 Å². The van der Waals surface area contributed by atoms with Crippen LogP contribution in [0, 0.1) is 11.7 Å². The molecule has 2 N–H and O–H groups in total. The third-order valence-electron chi connectivity index (χ3n) is 6.09. The number of nitrogens with one attached hydrogen (secondary N) is 1. The maximum absolute atomic E-state index is 14.4. The van der Waals surface area contributed by atoms with Crippen LogP contribution in [0.3, 0.4) is 0 Å². The van der Waals surface area contributed by atoms with Crippen LogP contribution < -0.4 is 10.1 Å². The average Bonchev–Trinajstić information content (AvgIpc) is 2.81. The van der Waals surface area contributed by atoms with Gasteiger partial charge < -0.3 is 15.0 Å². The van der Waals surface area contributed by atoms with Gasteiger partial charge in [0.2, 0.25) is 5.91 Å². The number of nitrogens with zero attached hydrogens (tertiary/aromatic N) is 2. The lowest BCUT2D eigenvalue weighted by molar-refractivity contribution is -0.120. The summed E-state index contributed by atoms with van der Waals surface area (Å²) in [6, 6.07) is 4.44. The first-order valence-corrected chi connectivity index (χ1v) is 14.7. The highest BCUT2D eigenvalue weighted by molar-refractivity contribution is 7.85. The molecule has 11 heteroatoms. The molecule has 1 fully saturated rings. The van der Waals surface area contributed by atoms with E-state index in [-0.39, 0.29) is 30.3 Å². The van der Waals surface area contributed by atoms with Crippen molar-refractivity contribution < 1.29 is 26.9 Å². The second kappa shape index (κ2) is 15.3. The van der Waals surface area contributed by atoms with E-state index in [1.54, 1.807) is 6.07 Å². The monoisotopic (exact) mass is 559 g/mol. The molecule has 0 radical (unpaired) electrons. The maximum Gasteiger partial charge on any atom is 0.264 e. The largest absolute Gasteiger partial charge is 0.493 e. The molecule has 0 spiro atoms. The zero-order valence-corrected chi connectivity index (χ0v) is 23.3. The van der Waals surface area contributed by atoms with Gasteiger partial charge in [-0.05, 0) is 69.1 Å². The zero-order valence-electron chi connectivity index (χ0n) is 21.7. The van der Waals surface area contributed by atoms with Crippen molar-refractivity contribution in [3.8, 4) is 5.75 Å². The minimum absolute atomic E-state index is 0.00571. The Bertz CT molecular complexity index is 1040. The molecular formula is C26H39ClFN3O5S. The van der Waals surface area contributed by atoms with Crippen molar-refractivity contribution in [2.45, 2.75) is 57.7 Å². The Kier molecular flexibility index (Phi) is 12.8. The number of ether oxygens (including phenoxy) is 1. The lowest BCUT2D eigenvalue weighted by Crippen LogP contribution is -2.39. The van der Waals surface area contributed by atoms with Crippen molar-refractivity contribution in [2.24, 2.45) is 10.9 Å². The average molecular weight is 560 g/mol. The van der Waals surface area contributed by atoms with Gasteiger partial charge in [-0.25, -0.2) is 4.39 Å². The molecule has 1 aliphatic heterocycles. The molecule has 1 unspecified atom stereocenters. The standard InChI is InChI=1S/C26H39ClFN3O5S/c1-19(2)26(30-18-20(3)27)31-12-9-21(10-13-31)6-4-14-36-23-8-7-22(24(28)17-23)16-25(32)29-11-5-15-37(33,34)35/h7-8,17,20-21H,1,4-6,9-16,18H2,2-3H3,(H,29,32)(H,33,34,35). The summed E-state index contributed by atoms with van der Waals surface area (Å²) in [5, 5.41) is 2.51. The Hall–Kier alpha value is -2.17. The molecule has 208 valence electrons. The molecule has 0 saturated carbocycles. The van der Waals surface area contributed by atoms with Gasteiger partial charge >= 0.3 is 0 Å². The fraction of sp³-hybridized carbons (Fsp3) is 0.615. The van der Waals surface area contributed by atoms with Crippen molar-refractivity contribution >= 4 is 33.5 Å². The molecule has 0 aliphatic carbocycles. The van der Waals surface area contributed by atoms with Gasteiger partial charge in [-0.1, -0.05) is 12.6 Å².